The summed E-state index contributed by atoms with van der Waals surface area (Å²) in [5, 5.41) is 2.07. The maximum Gasteiger partial charge on any atom is 0.254 e. The van der Waals surface area contributed by atoms with Crippen LogP contribution in [0.5, 0.6) is 0 Å². The Hall–Kier alpha value is -0.570. The molecule has 1 unspecified atom stereocenters. The van der Waals surface area contributed by atoms with E-state index in [1.165, 1.54) is 6.42 Å². The van der Waals surface area contributed by atoms with Crippen LogP contribution in [-0.2, 0) is 9.53 Å². The van der Waals surface area contributed by atoms with Gasteiger partial charge in [-0.05, 0) is 37.9 Å². The highest BCUT2D eigenvalue weighted by atomic mass is 32.1. The molecule has 0 saturated carbocycles. The molecular formula is C9H13NO2S. The Balaban J connectivity index is 2.17. The fraction of sp³-hybridized carbons (Fsp3) is 0.778. The third-order valence-electron chi connectivity index (χ3n) is 2.12. The van der Waals surface area contributed by atoms with Crippen molar-refractivity contribution in [3.05, 3.63) is 0 Å². The van der Waals surface area contributed by atoms with Crippen molar-refractivity contribution in [1.29, 1.82) is 0 Å². The molecule has 1 amide bonds. The van der Waals surface area contributed by atoms with E-state index in [0.717, 1.165) is 25.9 Å². The van der Waals surface area contributed by atoms with Gasteiger partial charge in [0, 0.05) is 13.0 Å². The summed E-state index contributed by atoms with van der Waals surface area (Å²) in [5.74, 6) is -0.191. The number of nitrogens with zero attached hydrogens (tertiary/aromatic N) is 1. The molecule has 1 aliphatic heterocycles. The summed E-state index contributed by atoms with van der Waals surface area (Å²) in [6.45, 7) is 0.829. The Kier molecular flexibility index (Phi) is 4.83. The maximum absolute atomic E-state index is 10.9. The molecule has 13 heavy (non-hydrogen) atoms. The van der Waals surface area contributed by atoms with Crippen LogP contribution < -0.4 is 0 Å². The topological polar surface area (TPSA) is 38.7 Å². The molecule has 1 fully saturated rings. The van der Waals surface area contributed by atoms with Crippen molar-refractivity contribution < 1.29 is 9.53 Å². The molecule has 0 aromatic heterocycles. The fourth-order valence-electron chi connectivity index (χ4n) is 1.43. The van der Waals surface area contributed by atoms with Crippen LogP contribution in [0.1, 0.15) is 32.1 Å². The fourth-order valence-corrected chi connectivity index (χ4v) is 1.53. The summed E-state index contributed by atoms with van der Waals surface area (Å²) in [6.07, 6.45) is 4.85. The summed E-state index contributed by atoms with van der Waals surface area (Å²) in [5.41, 5.74) is 0. The molecule has 72 valence electrons. The number of hydrogen-bond acceptors (Lipinski definition) is 3. The zero-order valence-corrected chi connectivity index (χ0v) is 8.31. The van der Waals surface area contributed by atoms with Crippen LogP contribution in [0, 0.1) is 0 Å². The number of hydrogen-bond donors (Lipinski definition) is 0. The first-order chi connectivity index (χ1) is 6.33. The van der Waals surface area contributed by atoms with Crippen LogP contribution in [0.15, 0.2) is 4.99 Å². The average Bonchev–Trinajstić information content (AvgIpc) is 2.17. The molecule has 1 aliphatic rings. The van der Waals surface area contributed by atoms with Crippen molar-refractivity contribution in [2.75, 3.05) is 6.61 Å². The Bertz CT molecular complexity index is 218. The number of amides is 1. The number of thiocarbonyl (C=S) groups is 1. The minimum Gasteiger partial charge on any atom is -0.378 e. The third-order valence-corrected chi connectivity index (χ3v) is 2.22. The molecule has 1 atom stereocenters. The van der Waals surface area contributed by atoms with Crippen molar-refractivity contribution in [3.63, 3.8) is 0 Å². The van der Waals surface area contributed by atoms with E-state index in [-0.39, 0.29) is 12.0 Å². The van der Waals surface area contributed by atoms with Crippen LogP contribution in [-0.4, -0.2) is 23.8 Å². The van der Waals surface area contributed by atoms with E-state index in [2.05, 4.69) is 22.4 Å². The summed E-state index contributed by atoms with van der Waals surface area (Å²) in [4.78, 5) is 14.3. The van der Waals surface area contributed by atoms with Crippen LogP contribution >= 0.6 is 12.2 Å². The van der Waals surface area contributed by atoms with Gasteiger partial charge >= 0.3 is 0 Å². The second-order valence-electron chi connectivity index (χ2n) is 3.12. The molecule has 1 saturated heterocycles. The molecule has 4 heteroatoms. The highest BCUT2D eigenvalue weighted by Crippen LogP contribution is 2.16. The highest BCUT2D eigenvalue weighted by molar-refractivity contribution is 7.78. The number of carbonyl (C=O) groups excluding carboxylic acids is 1. The number of rotatable bonds is 3. The van der Waals surface area contributed by atoms with Crippen molar-refractivity contribution in [2.45, 2.75) is 38.2 Å². The summed E-state index contributed by atoms with van der Waals surface area (Å²) in [7, 11) is 0. The lowest BCUT2D eigenvalue weighted by Gasteiger charge is -2.21. The van der Waals surface area contributed by atoms with Gasteiger partial charge in [-0.1, -0.05) is 0 Å². The molecular weight excluding hydrogens is 186 g/mol. The molecule has 1 heterocycles. The predicted molar refractivity (Wildman–Crippen MR) is 52.9 cm³/mol. The highest BCUT2D eigenvalue weighted by Gasteiger charge is 2.14. The first-order valence-electron chi connectivity index (χ1n) is 4.55. The van der Waals surface area contributed by atoms with Crippen LogP contribution in [0.3, 0.4) is 0 Å². The van der Waals surface area contributed by atoms with Gasteiger partial charge in [-0.2, -0.15) is 4.99 Å². The van der Waals surface area contributed by atoms with Gasteiger partial charge in [0.25, 0.3) is 5.91 Å². The number of aliphatic imine (C=N–C) groups is 1. The number of isothiocyanates is 1. The lowest BCUT2D eigenvalue weighted by atomic mass is 10.0. The van der Waals surface area contributed by atoms with Crippen molar-refractivity contribution in [1.82, 2.24) is 0 Å². The zero-order valence-electron chi connectivity index (χ0n) is 7.49. The van der Waals surface area contributed by atoms with Gasteiger partial charge in [0.05, 0.1) is 11.3 Å². The molecule has 0 aromatic rings. The Morgan fingerprint density at radius 2 is 2.46 bits per heavy atom. The van der Waals surface area contributed by atoms with Gasteiger partial charge < -0.3 is 4.74 Å². The minimum absolute atomic E-state index is 0.191. The van der Waals surface area contributed by atoms with Gasteiger partial charge in [-0.3, -0.25) is 4.79 Å². The first-order valence-corrected chi connectivity index (χ1v) is 4.96. The largest absolute Gasteiger partial charge is 0.378 e. The van der Waals surface area contributed by atoms with Crippen molar-refractivity contribution in [2.24, 2.45) is 4.99 Å². The summed E-state index contributed by atoms with van der Waals surface area (Å²) < 4.78 is 5.47. The Morgan fingerprint density at radius 1 is 1.62 bits per heavy atom. The third kappa shape index (κ3) is 4.27. The molecule has 0 radical (unpaired) electrons. The molecule has 0 aromatic carbocycles. The average molecular weight is 199 g/mol. The number of ether oxygens (including phenoxy) is 1. The van der Waals surface area contributed by atoms with E-state index in [4.69, 9.17) is 4.74 Å². The SMILES string of the molecule is O=C(CCC1CCCCO1)N=C=S. The second-order valence-corrected chi connectivity index (χ2v) is 3.31. The lowest BCUT2D eigenvalue weighted by molar-refractivity contribution is -0.118. The Labute approximate surface area is 83.2 Å². The molecule has 0 bridgehead atoms. The quantitative estimate of drug-likeness (QED) is 0.515. The van der Waals surface area contributed by atoms with Crippen LogP contribution in [0.25, 0.3) is 0 Å². The molecule has 3 nitrogen and oxygen atoms in total. The maximum atomic E-state index is 10.9. The first kappa shape index (κ1) is 10.5. The smallest absolute Gasteiger partial charge is 0.254 e. The van der Waals surface area contributed by atoms with Gasteiger partial charge in [-0.25, -0.2) is 0 Å². The monoisotopic (exact) mass is 199 g/mol. The molecule has 0 spiro atoms. The van der Waals surface area contributed by atoms with Crippen molar-refractivity contribution in [3.8, 4) is 0 Å². The van der Waals surface area contributed by atoms with Crippen molar-refractivity contribution >= 4 is 23.3 Å². The molecule has 0 N–H and O–H groups in total. The van der Waals surface area contributed by atoms with E-state index in [9.17, 15) is 4.79 Å². The standard InChI is InChI=1S/C9H13NO2S/c11-9(10-7-13)5-4-8-3-1-2-6-12-8/h8H,1-6H2. The van der Waals surface area contributed by atoms with E-state index >= 15 is 0 Å². The lowest BCUT2D eigenvalue weighted by Crippen LogP contribution is -2.19. The molecule has 0 aliphatic carbocycles. The van der Waals surface area contributed by atoms with Crippen LogP contribution in [0.2, 0.25) is 0 Å². The predicted octanol–water partition coefficient (Wildman–Crippen LogP) is 1.97. The summed E-state index contributed by atoms with van der Waals surface area (Å²) >= 11 is 4.33. The van der Waals surface area contributed by atoms with E-state index in [1.807, 2.05) is 0 Å². The zero-order chi connectivity index (χ0) is 9.52. The normalized spacial score (nSPS) is 22.0. The van der Waals surface area contributed by atoms with Gasteiger partial charge in [0.1, 0.15) is 0 Å². The summed E-state index contributed by atoms with van der Waals surface area (Å²) in [6, 6.07) is 0. The van der Waals surface area contributed by atoms with Crippen LogP contribution in [0.4, 0.5) is 0 Å². The van der Waals surface area contributed by atoms with E-state index in [0.29, 0.717) is 6.42 Å². The second kappa shape index (κ2) is 5.97. The minimum atomic E-state index is -0.191. The van der Waals surface area contributed by atoms with Gasteiger partial charge in [-0.15, -0.1) is 0 Å². The number of carbonyl (C=O) groups is 1. The van der Waals surface area contributed by atoms with E-state index < -0.39 is 0 Å². The van der Waals surface area contributed by atoms with E-state index in [1.54, 1.807) is 0 Å². The van der Waals surface area contributed by atoms with Gasteiger partial charge in [0.2, 0.25) is 0 Å². The molecule has 1 rings (SSSR count). The van der Waals surface area contributed by atoms with Gasteiger partial charge in [0.15, 0.2) is 0 Å². The Morgan fingerprint density at radius 3 is 3.08 bits per heavy atom.